The van der Waals surface area contributed by atoms with Gasteiger partial charge in [0.05, 0.1) is 42.0 Å². The Hall–Kier alpha value is -3.09. The van der Waals surface area contributed by atoms with Gasteiger partial charge >= 0.3 is 0 Å². The molecule has 0 radical (unpaired) electrons. The molecule has 6 rings (SSSR count). The number of morpholine rings is 1. The van der Waals surface area contributed by atoms with E-state index in [-0.39, 0.29) is 5.78 Å². The molecule has 6 heteroatoms. The van der Waals surface area contributed by atoms with Gasteiger partial charge in [0.1, 0.15) is 0 Å². The molecule has 1 aromatic carbocycles. The Bertz CT molecular complexity index is 1250. The maximum Gasteiger partial charge on any atom is 0.170 e. The first-order chi connectivity index (χ1) is 17.7. The molecule has 3 heterocycles. The lowest BCUT2D eigenvalue weighted by molar-refractivity contribution is 0.0150. The van der Waals surface area contributed by atoms with Crippen LogP contribution in [0.3, 0.4) is 0 Å². The molecular formula is C30H34N4O2. The highest BCUT2D eigenvalue weighted by atomic mass is 16.5. The number of ketones is 1. The molecule has 2 fully saturated rings. The summed E-state index contributed by atoms with van der Waals surface area (Å²) in [6, 6.07) is 13.3. The Morgan fingerprint density at radius 2 is 1.83 bits per heavy atom. The van der Waals surface area contributed by atoms with Crippen molar-refractivity contribution in [1.82, 2.24) is 19.7 Å². The fourth-order valence-corrected chi connectivity index (χ4v) is 5.57. The van der Waals surface area contributed by atoms with E-state index in [9.17, 15) is 4.79 Å². The van der Waals surface area contributed by atoms with Gasteiger partial charge in [-0.05, 0) is 79.8 Å². The summed E-state index contributed by atoms with van der Waals surface area (Å²) in [4.78, 5) is 20.4. The van der Waals surface area contributed by atoms with Crippen LogP contribution in [0.4, 0.5) is 0 Å². The van der Waals surface area contributed by atoms with Crippen molar-refractivity contribution in [3.05, 3.63) is 82.9 Å². The number of carbonyl (C=O) groups is 1. The Labute approximate surface area is 213 Å². The monoisotopic (exact) mass is 482 g/mol. The van der Waals surface area contributed by atoms with Gasteiger partial charge in [0, 0.05) is 31.7 Å². The highest BCUT2D eigenvalue weighted by molar-refractivity contribution is 5.98. The van der Waals surface area contributed by atoms with Crippen molar-refractivity contribution in [1.29, 1.82) is 0 Å². The summed E-state index contributed by atoms with van der Waals surface area (Å²) >= 11 is 0. The van der Waals surface area contributed by atoms with E-state index < -0.39 is 0 Å². The van der Waals surface area contributed by atoms with Gasteiger partial charge < -0.3 is 4.74 Å². The molecule has 1 unspecified atom stereocenters. The molecule has 0 bridgehead atoms. The van der Waals surface area contributed by atoms with Crippen LogP contribution in [0, 0.1) is 6.92 Å². The summed E-state index contributed by atoms with van der Waals surface area (Å²) in [5.41, 5.74) is 7.25. The lowest BCUT2D eigenvalue weighted by Gasteiger charge is -2.36. The largest absolute Gasteiger partial charge is 0.379 e. The predicted molar refractivity (Wildman–Crippen MR) is 141 cm³/mol. The Morgan fingerprint density at radius 3 is 2.50 bits per heavy atom. The number of benzene rings is 1. The number of pyridine rings is 1. The Kier molecular flexibility index (Phi) is 6.55. The smallest absolute Gasteiger partial charge is 0.170 e. The third kappa shape index (κ3) is 4.93. The first kappa shape index (κ1) is 23.3. The highest BCUT2D eigenvalue weighted by Crippen LogP contribution is 2.40. The van der Waals surface area contributed by atoms with E-state index in [4.69, 9.17) is 9.72 Å². The number of rotatable bonds is 7. The molecule has 1 aliphatic heterocycles. The first-order valence-corrected chi connectivity index (χ1v) is 13.3. The second-order valence-corrected chi connectivity index (χ2v) is 10.4. The quantitative estimate of drug-likeness (QED) is 0.436. The molecule has 2 aromatic heterocycles. The molecule has 0 amide bonds. The summed E-state index contributed by atoms with van der Waals surface area (Å²) in [5.74, 6) is 0.810. The van der Waals surface area contributed by atoms with Gasteiger partial charge in [-0.2, -0.15) is 5.10 Å². The van der Waals surface area contributed by atoms with Gasteiger partial charge in [0.2, 0.25) is 0 Å². The van der Waals surface area contributed by atoms with E-state index >= 15 is 0 Å². The molecule has 186 valence electrons. The summed E-state index contributed by atoms with van der Waals surface area (Å²) in [6.45, 7) is 5.75. The van der Waals surface area contributed by atoms with Crippen LogP contribution in [0.15, 0.2) is 54.9 Å². The normalized spacial score (nSPS) is 20.8. The lowest BCUT2D eigenvalue weighted by Crippen LogP contribution is -2.43. The van der Waals surface area contributed by atoms with Gasteiger partial charge in [0.15, 0.2) is 5.78 Å². The van der Waals surface area contributed by atoms with Crippen molar-refractivity contribution >= 4 is 11.4 Å². The van der Waals surface area contributed by atoms with Crippen LogP contribution in [0.1, 0.15) is 70.9 Å². The number of hydrogen-bond acceptors (Lipinski definition) is 5. The van der Waals surface area contributed by atoms with Crippen molar-refractivity contribution in [3.63, 3.8) is 0 Å². The van der Waals surface area contributed by atoms with Gasteiger partial charge in [-0.3, -0.25) is 14.7 Å². The van der Waals surface area contributed by atoms with E-state index in [0.717, 1.165) is 67.7 Å². The van der Waals surface area contributed by atoms with Crippen LogP contribution < -0.4 is 0 Å². The minimum Gasteiger partial charge on any atom is -0.379 e. The zero-order valence-electron chi connectivity index (χ0n) is 21.0. The van der Waals surface area contributed by atoms with Crippen LogP contribution in [-0.4, -0.2) is 57.8 Å². The topological polar surface area (TPSA) is 60.3 Å². The van der Waals surface area contributed by atoms with Crippen molar-refractivity contribution in [2.45, 2.75) is 57.4 Å². The van der Waals surface area contributed by atoms with Crippen molar-refractivity contribution in [3.8, 4) is 5.69 Å². The van der Waals surface area contributed by atoms with E-state index in [0.29, 0.717) is 18.0 Å². The maximum absolute atomic E-state index is 13.1. The molecule has 1 atom stereocenters. The summed E-state index contributed by atoms with van der Waals surface area (Å²) in [5, 5.41) is 4.52. The summed E-state index contributed by atoms with van der Waals surface area (Å²) < 4.78 is 7.36. The van der Waals surface area contributed by atoms with Gasteiger partial charge in [-0.15, -0.1) is 0 Å². The molecule has 3 aromatic rings. The predicted octanol–water partition coefficient (Wildman–Crippen LogP) is 5.15. The van der Waals surface area contributed by atoms with Crippen molar-refractivity contribution in [2.24, 2.45) is 0 Å². The standard InChI is InChI=1S/C30H34N4O2/c1-21-28(20-32-34(21)27-11-5-24(6-12-27)23-3-4-23)30(35)18-22-2-13-29(31-19-22)25-7-9-26(10-8-25)33-14-16-36-17-15-33/h2,5-7,11-13,19-20,23,26H,3-4,8-10,14-18H2,1H3. The van der Waals surface area contributed by atoms with Crippen molar-refractivity contribution < 1.29 is 9.53 Å². The van der Waals surface area contributed by atoms with Gasteiger partial charge in [-0.25, -0.2) is 4.68 Å². The molecule has 1 saturated heterocycles. The highest BCUT2D eigenvalue weighted by Gasteiger charge is 2.25. The van der Waals surface area contributed by atoms with Crippen molar-refractivity contribution in [2.75, 3.05) is 26.3 Å². The number of nitrogens with zero attached hydrogens (tertiary/aromatic N) is 4. The van der Waals surface area contributed by atoms with Crippen LogP contribution in [0.25, 0.3) is 11.3 Å². The van der Waals surface area contributed by atoms with E-state index in [1.165, 1.54) is 30.4 Å². The number of hydrogen-bond donors (Lipinski definition) is 0. The van der Waals surface area contributed by atoms with Crippen LogP contribution in [0.2, 0.25) is 0 Å². The average Bonchev–Trinajstić information content (AvgIpc) is 3.71. The summed E-state index contributed by atoms with van der Waals surface area (Å²) in [6.07, 6.45) is 12.1. The van der Waals surface area contributed by atoms with Crippen LogP contribution in [-0.2, 0) is 11.2 Å². The first-order valence-electron chi connectivity index (χ1n) is 13.3. The van der Waals surface area contributed by atoms with Crippen LogP contribution in [0.5, 0.6) is 0 Å². The fraction of sp³-hybridized carbons (Fsp3) is 0.433. The second kappa shape index (κ2) is 10.1. The molecule has 0 spiro atoms. The van der Waals surface area contributed by atoms with Gasteiger partial charge in [0.25, 0.3) is 0 Å². The second-order valence-electron chi connectivity index (χ2n) is 10.4. The molecule has 1 saturated carbocycles. The molecular weight excluding hydrogens is 448 g/mol. The zero-order valence-corrected chi connectivity index (χ0v) is 21.0. The number of carbonyl (C=O) groups excluding carboxylic acids is 1. The van der Waals surface area contributed by atoms with Gasteiger partial charge in [-0.1, -0.05) is 24.3 Å². The average molecular weight is 483 g/mol. The zero-order chi connectivity index (χ0) is 24.5. The fourth-order valence-electron chi connectivity index (χ4n) is 5.57. The molecule has 36 heavy (non-hydrogen) atoms. The minimum absolute atomic E-state index is 0.0770. The molecule has 2 aliphatic carbocycles. The van der Waals surface area contributed by atoms with Crippen LogP contribution >= 0.6 is 0 Å². The number of ether oxygens (including phenoxy) is 1. The lowest BCUT2D eigenvalue weighted by atomic mass is 9.91. The number of Topliss-reactive ketones (excluding diaryl/α,β-unsaturated/α-hetero) is 1. The Balaban J connectivity index is 1.09. The SMILES string of the molecule is Cc1c(C(=O)Cc2ccc(C3=CCC(N4CCOCC4)CC3)nc2)cnn1-c1ccc(C2CC2)cc1. The number of aromatic nitrogens is 3. The van der Waals surface area contributed by atoms with E-state index in [1.54, 1.807) is 6.20 Å². The minimum atomic E-state index is 0.0770. The third-order valence-electron chi connectivity index (χ3n) is 7.96. The summed E-state index contributed by atoms with van der Waals surface area (Å²) in [7, 11) is 0. The van der Waals surface area contributed by atoms with E-state index in [2.05, 4.69) is 46.4 Å². The number of allylic oxidation sites excluding steroid dienone is 1. The third-order valence-corrected chi connectivity index (χ3v) is 7.96. The van der Waals surface area contributed by atoms with E-state index in [1.807, 2.05) is 23.9 Å². The Morgan fingerprint density at radius 1 is 1.03 bits per heavy atom. The maximum atomic E-state index is 13.1. The molecule has 6 nitrogen and oxygen atoms in total. The molecule has 0 N–H and O–H groups in total. The molecule has 3 aliphatic rings.